The molecule has 2 nitrogen and oxygen atoms in total. The first kappa shape index (κ1) is 11.0. The number of fused-ring (bicyclic) bond motifs is 1. The van der Waals surface area contributed by atoms with Gasteiger partial charge in [0.25, 0.3) is 0 Å². The van der Waals surface area contributed by atoms with E-state index in [1.54, 1.807) is 0 Å². The van der Waals surface area contributed by atoms with Crippen LogP contribution in [0.25, 0.3) is 0 Å². The van der Waals surface area contributed by atoms with Gasteiger partial charge >= 0.3 is 0 Å². The Kier molecular flexibility index (Phi) is 3.03. The molecule has 1 aliphatic rings. The van der Waals surface area contributed by atoms with Gasteiger partial charge in [0.2, 0.25) is 0 Å². The largest absolute Gasteiger partial charge is 0.373 e. The lowest BCUT2D eigenvalue weighted by Gasteiger charge is -2.16. The molecule has 1 aromatic rings. The van der Waals surface area contributed by atoms with Crippen molar-refractivity contribution in [2.75, 3.05) is 25.0 Å². The van der Waals surface area contributed by atoms with Crippen LogP contribution in [0.15, 0.2) is 16.6 Å². The van der Waals surface area contributed by atoms with Gasteiger partial charge in [-0.1, -0.05) is 13.0 Å². The monoisotopic (exact) mass is 268 g/mol. The third-order valence-corrected chi connectivity index (χ3v) is 3.79. The van der Waals surface area contributed by atoms with Gasteiger partial charge in [-0.25, -0.2) is 0 Å². The minimum absolute atomic E-state index is 0.442. The van der Waals surface area contributed by atoms with Gasteiger partial charge < -0.3 is 10.6 Å². The summed E-state index contributed by atoms with van der Waals surface area (Å²) in [7, 11) is 2.14. The van der Waals surface area contributed by atoms with E-state index in [1.165, 1.54) is 21.3 Å². The average molecular weight is 269 g/mol. The number of hydrogen-bond acceptors (Lipinski definition) is 2. The molecular formula is C12H17BrN2. The number of likely N-dealkylation sites (N-methyl/N-ethyl adjacent to an activating group) is 1. The summed E-state index contributed by atoms with van der Waals surface area (Å²) < 4.78 is 1.20. The van der Waals surface area contributed by atoms with E-state index in [-0.39, 0.29) is 0 Å². The van der Waals surface area contributed by atoms with Crippen LogP contribution in [0.1, 0.15) is 24.0 Å². The van der Waals surface area contributed by atoms with Gasteiger partial charge in [0.05, 0.1) is 5.69 Å². The van der Waals surface area contributed by atoms with Gasteiger partial charge in [0.1, 0.15) is 0 Å². The zero-order valence-corrected chi connectivity index (χ0v) is 10.8. The van der Waals surface area contributed by atoms with Crippen LogP contribution in [-0.4, -0.2) is 20.1 Å². The summed E-state index contributed by atoms with van der Waals surface area (Å²) in [6.45, 7) is 4.00. The van der Waals surface area contributed by atoms with E-state index in [0.717, 1.165) is 13.0 Å². The molecule has 2 N–H and O–H groups in total. The molecular weight excluding hydrogens is 252 g/mol. The van der Waals surface area contributed by atoms with Gasteiger partial charge in [-0.2, -0.15) is 0 Å². The van der Waals surface area contributed by atoms with Gasteiger partial charge in [-0.15, -0.1) is 0 Å². The number of nitrogens with two attached hydrogens (primary N) is 1. The number of nitrogens with zero attached hydrogens (tertiary/aromatic N) is 1. The van der Waals surface area contributed by atoms with E-state index in [1.807, 2.05) is 0 Å². The van der Waals surface area contributed by atoms with Crippen LogP contribution in [0.2, 0.25) is 0 Å². The first-order chi connectivity index (χ1) is 7.13. The molecule has 0 radical (unpaired) electrons. The van der Waals surface area contributed by atoms with E-state index < -0.39 is 0 Å². The quantitative estimate of drug-likeness (QED) is 0.893. The van der Waals surface area contributed by atoms with Crippen molar-refractivity contribution in [2.24, 2.45) is 5.73 Å². The highest BCUT2D eigenvalue weighted by molar-refractivity contribution is 9.10. The molecule has 82 valence electrons. The topological polar surface area (TPSA) is 29.3 Å². The molecule has 0 amide bonds. The standard InChI is InChI=1S/C12H17BrN2/c1-8(7-14)10-5-9-3-4-15(2)12(9)11(13)6-10/h5-6,8H,3-4,7,14H2,1-2H3. The van der Waals surface area contributed by atoms with Crippen LogP contribution in [0.4, 0.5) is 5.69 Å². The third-order valence-electron chi connectivity index (χ3n) is 3.19. The molecule has 0 aliphatic carbocycles. The molecule has 3 heteroatoms. The van der Waals surface area contributed by atoms with Gasteiger partial charge in [0, 0.05) is 18.1 Å². The maximum absolute atomic E-state index is 5.70. The lowest BCUT2D eigenvalue weighted by atomic mass is 9.98. The highest BCUT2D eigenvalue weighted by Gasteiger charge is 2.20. The number of anilines is 1. The van der Waals surface area contributed by atoms with E-state index in [2.05, 4.69) is 46.9 Å². The van der Waals surface area contributed by atoms with Crippen LogP contribution >= 0.6 is 15.9 Å². The van der Waals surface area contributed by atoms with Gasteiger partial charge in [0.15, 0.2) is 0 Å². The van der Waals surface area contributed by atoms with Crippen molar-refractivity contribution in [1.82, 2.24) is 0 Å². The van der Waals surface area contributed by atoms with Crippen LogP contribution < -0.4 is 10.6 Å². The van der Waals surface area contributed by atoms with Gasteiger partial charge in [-0.3, -0.25) is 0 Å². The Balaban J connectivity index is 2.44. The minimum Gasteiger partial charge on any atom is -0.373 e. The summed E-state index contributed by atoms with van der Waals surface area (Å²) in [4.78, 5) is 2.30. The summed E-state index contributed by atoms with van der Waals surface area (Å²) in [5.41, 5.74) is 9.84. The van der Waals surface area contributed by atoms with Crippen molar-refractivity contribution in [3.63, 3.8) is 0 Å². The number of halogens is 1. The molecule has 0 saturated carbocycles. The predicted molar refractivity (Wildman–Crippen MR) is 68.6 cm³/mol. The molecule has 0 bridgehead atoms. The molecule has 1 unspecified atom stereocenters. The molecule has 1 atom stereocenters. The zero-order valence-electron chi connectivity index (χ0n) is 9.26. The molecule has 2 rings (SSSR count). The first-order valence-corrected chi connectivity index (χ1v) is 6.16. The lowest BCUT2D eigenvalue weighted by Crippen LogP contribution is -2.13. The molecule has 1 aromatic carbocycles. The van der Waals surface area contributed by atoms with Crippen molar-refractivity contribution in [2.45, 2.75) is 19.3 Å². The van der Waals surface area contributed by atoms with Crippen molar-refractivity contribution in [1.29, 1.82) is 0 Å². The fourth-order valence-electron chi connectivity index (χ4n) is 2.12. The van der Waals surface area contributed by atoms with Crippen LogP contribution in [0.3, 0.4) is 0 Å². The smallest absolute Gasteiger partial charge is 0.0541 e. The molecule has 1 aliphatic heterocycles. The SMILES string of the molecule is CC(CN)c1cc(Br)c2c(c1)CCN2C. The van der Waals surface area contributed by atoms with E-state index >= 15 is 0 Å². The second-order valence-corrected chi connectivity index (χ2v) is 5.17. The Labute approximate surface area is 99.6 Å². The van der Waals surface area contributed by atoms with E-state index in [4.69, 9.17) is 5.73 Å². The second-order valence-electron chi connectivity index (χ2n) is 4.32. The Morgan fingerprint density at radius 1 is 1.53 bits per heavy atom. The molecule has 0 fully saturated rings. The molecule has 0 saturated heterocycles. The van der Waals surface area contributed by atoms with Crippen LogP contribution in [0.5, 0.6) is 0 Å². The molecule has 15 heavy (non-hydrogen) atoms. The Morgan fingerprint density at radius 2 is 2.27 bits per heavy atom. The van der Waals surface area contributed by atoms with E-state index in [9.17, 15) is 0 Å². The highest BCUT2D eigenvalue weighted by Crippen LogP contribution is 2.37. The summed E-state index contributed by atoms with van der Waals surface area (Å²) in [6, 6.07) is 4.51. The van der Waals surface area contributed by atoms with Crippen molar-refractivity contribution < 1.29 is 0 Å². The highest BCUT2D eigenvalue weighted by atomic mass is 79.9. The van der Waals surface area contributed by atoms with Crippen LogP contribution in [0, 0.1) is 0 Å². The average Bonchev–Trinajstić information content (AvgIpc) is 2.59. The number of benzene rings is 1. The van der Waals surface area contributed by atoms with Crippen molar-refractivity contribution >= 4 is 21.6 Å². The molecule has 0 aromatic heterocycles. The summed E-state index contributed by atoms with van der Waals surface area (Å²) in [5, 5.41) is 0. The number of rotatable bonds is 2. The van der Waals surface area contributed by atoms with E-state index in [0.29, 0.717) is 12.5 Å². The van der Waals surface area contributed by atoms with Crippen molar-refractivity contribution in [3.05, 3.63) is 27.7 Å². The zero-order chi connectivity index (χ0) is 11.0. The Bertz CT molecular complexity index is 376. The second kappa shape index (κ2) is 4.14. The maximum Gasteiger partial charge on any atom is 0.0541 e. The lowest BCUT2D eigenvalue weighted by molar-refractivity contribution is 0.772. The fraction of sp³-hybridized carbons (Fsp3) is 0.500. The Hall–Kier alpha value is -0.540. The summed E-state index contributed by atoms with van der Waals surface area (Å²) in [5.74, 6) is 0.442. The van der Waals surface area contributed by atoms with Gasteiger partial charge in [-0.05, 0) is 52.0 Å². The fourth-order valence-corrected chi connectivity index (χ4v) is 2.94. The summed E-state index contributed by atoms with van der Waals surface area (Å²) in [6.07, 6.45) is 1.15. The van der Waals surface area contributed by atoms with Crippen LogP contribution in [-0.2, 0) is 6.42 Å². The first-order valence-electron chi connectivity index (χ1n) is 5.37. The number of hydrogen-bond donors (Lipinski definition) is 1. The summed E-state index contributed by atoms with van der Waals surface area (Å²) >= 11 is 3.65. The maximum atomic E-state index is 5.70. The minimum atomic E-state index is 0.442. The molecule has 1 heterocycles. The predicted octanol–water partition coefficient (Wildman–Crippen LogP) is 2.50. The third kappa shape index (κ3) is 1.91. The van der Waals surface area contributed by atoms with Crippen molar-refractivity contribution in [3.8, 4) is 0 Å². The Morgan fingerprint density at radius 3 is 2.93 bits per heavy atom. The normalized spacial score (nSPS) is 16.7. The molecule has 0 spiro atoms.